The molecule has 2 N–H and O–H groups in total. The van der Waals surface area contributed by atoms with Gasteiger partial charge in [-0.15, -0.1) is 0 Å². The zero-order chi connectivity index (χ0) is 10.7. The Morgan fingerprint density at radius 1 is 1.47 bits per heavy atom. The summed E-state index contributed by atoms with van der Waals surface area (Å²) >= 11 is 5.99. The summed E-state index contributed by atoms with van der Waals surface area (Å²) in [6, 6.07) is 5.41. The topological polar surface area (TPSA) is 52.0 Å². The van der Waals surface area contributed by atoms with Gasteiger partial charge >= 0.3 is 0 Å². The lowest BCUT2D eigenvalue weighted by Gasteiger charge is -2.11. The molecule has 78 valence electrons. The monoisotopic (exact) mass is 222 g/mol. The summed E-state index contributed by atoms with van der Waals surface area (Å²) in [6.07, 6.45) is 5.55. The van der Waals surface area contributed by atoms with E-state index in [4.69, 9.17) is 21.8 Å². The van der Waals surface area contributed by atoms with Gasteiger partial charge in [-0.2, -0.15) is 0 Å². The molecule has 0 amide bonds. The summed E-state index contributed by atoms with van der Waals surface area (Å²) in [6.45, 7) is 0. The largest absolute Gasteiger partial charge is 0.469 e. The summed E-state index contributed by atoms with van der Waals surface area (Å²) in [5, 5.41) is 0.594. The molecule has 2 rings (SSSR count). The molecular formula is C11H11ClN2O. The van der Waals surface area contributed by atoms with Gasteiger partial charge in [-0.3, -0.25) is 4.98 Å². The maximum atomic E-state index is 6.01. The highest BCUT2D eigenvalue weighted by Gasteiger charge is 2.11. The van der Waals surface area contributed by atoms with Crippen LogP contribution >= 0.6 is 11.6 Å². The summed E-state index contributed by atoms with van der Waals surface area (Å²) in [4.78, 5) is 3.91. The lowest BCUT2D eigenvalue weighted by molar-refractivity contribution is 0.488. The van der Waals surface area contributed by atoms with Crippen LogP contribution in [-0.4, -0.2) is 4.98 Å². The second-order valence-electron chi connectivity index (χ2n) is 3.29. The minimum absolute atomic E-state index is 0.161. The predicted octanol–water partition coefficient (Wildman–Crippen LogP) is 2.57. The highest BCUT2D eigenvalue weighted by molar-refractivity contribution is 6.31. The highest BCUT2D eigenvalue weighted by Crippen LogP contribution is 2.22. The van der Waals surface area contributed by atoms with Crippen LogP contribution in [0, 0.1) is 0 Å². The standard InChI is InChI=1S/C11H11ClN2O/c12-10-7-14-4-3-9(10)11(13)6-8-2-1-5-15-8/h1-5,7,11H,6,13H2. The fraction of sp³-hybridized carbons (Fsp3) is 0.182. The van der Waals surface area contributed by atoms with E-state index < -0.39 is 0 Å². The van der Waals surface area contributed by atoms with Crippen molar-refractivity contribution in [3.8, 4) is 0 Å². The average Bonchev–Trinajstić information content (AvgIpc) is 2.71. The molecule has 0 aliphatic heterocycles. The van der Waals surface area contributed by atoms with Crippen molar-refractivity contribution in [1.82, 2.24) is 4.98 Å². The Bertz CT molecular complexity index is 428. The molecule has 0 aromatic carbocycles. The molecule has 0 saturated heterocycles. The summed E-state index contributed by atoms with van der Waals surface area (Å²) in [7, 11) is 0. The van der Waals surface area contributed by atoms with E-state index in [1.54, 1.807) is 18.7 Å². The third-order valence-corrected chi connectivity index (χ3v) is 2.52. The molecule has 0 spiro atoms. The molecule has 0 bridgehead atoms. The van der Waals surface area contributed by atoms with Gasteiger partial charge < -0.3 is 10.2 Å². The first-order valence-electron chi connectivity index (χ1n) is 4.65. The van der Waals surface area contributed by atoms with Crippen LogP contribution in [0.25, 0.3) is 0 Å². The zero-order valence-electron chi connectivity index (χ0n) is 8.06. The predicted molar refractivity (Wildman–Crippen MR) is 58.6 cm³/mol. The highest BCUT2D eigenvalue weighted by atomic mass is 35.5. The summed E-state index contributed by atoms with van der Waals surface area (Å²) in [5.41, 5.74) is 6.91. The van der Waals surface area contributed by atoms with Gasteiger partial charge in [0.25, 0.3) is 0 Å². The molecule has 0 radical (unpaired) electrons. The molecule has 4 heteroatoms. The number of hydrogen-bond donors (Lipinski definition) is 1. The van der Waals surface area contributed by atoms with Crippen LogP contribution in [0.3, 0.4) is 0 Å². The molecule has 2 heterocycles. The van der Waals surface area contributed by atoms with Crippen LogP contribution in [0.1, 0.15) is 17.4 Å². The van der Waals surface area contributed by atoms with E-state index in [1.807, 2.05) is 18.2 Å². The zero-order valence-corrected chi connectivity index (χ0v) is 8.82. The van der Waals surface area contributed by atoms with Gasteiger partial charge in [0.1, 0.15) is 5.76 Å². The number of nitrogens with two attached hydrogens (primary N) is 1. The first-order chi connectivity index (χ1) is 7.27. The fourth-order valence-electron chi connectivity index (χ4n) is 1.44. The smallest absolute Gasteiger partial charge is 0.105 e. The molecule has 0 saturated carbocycles. The van der Waals surface area contributed by atoms with Gasteiger partial charge in [0, 0.05) is 24.9 Å². The molecular weight excluding hydrogens is 212 g/mol. The lowest BCUT2D eigenvalue weighted by Crippen LogP contribution is -2.13. The molecule has 0 aliphatic carbocycles. The van der Waals surface area contributed by atoms with Crippen LogP contribution in [-0.2, 0) is 6.42 Å². The fourth-order valence-corrected chi connectivity index (χ4v) is 1.70. The van der Waals surface area contributed by atoms with Crippen molar-refractivity contribution in [3.63, 3.8) is 0 Å². The molecule has 3 nitrogen and oxygen atoms in total. The number of rotatable bonds is 3. The lowest BCUT2D eigenvalue weighted by atomic mass is 10.1. The molecule has 15 heavy (non-hydrogen) atoms. The minimum atomic E-state index is -0.161. The second-order valence-corrected chi connectivity index (χ2v) is 3.69. The first kappa shape index (κ1) is 10.2. The summed E-state index contributed by atoms with van der Waals surface area (Å²) in [5.74, 6) is 0.857. The summed E-state index contributed by atoms with van der Waals surface area (Å²) < 4.78 is 5.23. The van der Waals surface area contributed by atoms with E-state index in [1.165, 1.54) is 0 Å². The average molecular weight is 223 g/mol. The van der Waals surface area contributed by atoms with Crippen molar-refractivity contribution in [3.05, 3.63) is 53.2 Å². The van der Waals surface area contributed by atoms with Crippen molar-refractivity contribution >= 4 is 11.6 Å². The van der Waals surface area contributed by atoms with Gasteiger partial charge in [-0.25, -0.2) is 0 Å². The van der Waals surface area contributed by atoms with E-state index in [9.17, 15) is 0 Å². The Morgan fingerprint density at radius 3 is 3.00 bits per heavy atom. The molecule has 2 aromatic rings. The number of pyridine rings is 1. The van der Waals surface area contributed by atoms with Crippen LogP contribution in [0.2, 0.25) is 5.02 Å². The van der Waals surface area contributed by atoms with Crippen molar-refractivity contribution in [1.29, 1.82) is 0 Å². The number of hydrogen-bond acceptors (Lipinski definition) is 3. The van der Waals surface area contributed by atoms with Crippen LogP contribution in [0.5, 0.6) is 0 Å². The van der Waals surface area contributed by atoms with Gasteiger partial charge in [0.05, 0.1) is 11.3 Å². The SMILES string of the molecule is NC(Cc1ccco1)c1ccncc1Cl. The van der Waals surface area contributed by atoms with Crippen LogP contribution < -0.4 is 5.73 Å². The van der Waals surface area contributed by atoms with Gasteiger partial charge in [-0.05, 0) is 23.8 Å². The minimum Gasteiger partial charge on any atom is -0.469 e. The van der Waals surface area contributed by atoms with Crippen molar-refractivity contribution < 1.29 is 4.42 Å². The molecule has 0 fully saturated rings. The Kier molecular flexibility index (Phi) is 3.04. The van der Waals surface area contributed by atoms with E-state index in [0.29, 0.717) is 11.4 Å². The van der Waals surface area contributed by atoms with E-state index in [2.05, 4.69) is 4.98 Å². The Morgan fingerprint density at radius 2 is 2.33 bits per heavy atom. The van der Waals surface area contributed by atoms with Gasteiger partial charge in [-0.1, -0.05) is 11.6 Å². The number of aromatic nitrogens is 1. The maximum Gasteiger partial charge on any atom is 0.105 e. The normalized spacial score (nSPS) is 12.7. The molecule has 1 unspecified atom stereocenters. The third-order valence-electron chi connectivity index (χ3n) is 2.20. The third kappa shape index (κ3) is 2.37. The molecule has 1 atom stereocenters. The van der Waals surface area contributed by atoms with Gasteiger partial charge in [0.15, 0.2) is 0 Å². The number of halogens is 1. The Hall–Kier alpha value is -1.32. The maximum absolute atomic E-state index is 6.01. The van der Waals surface area contributed by atoms with Crippen LogP contribution in [0.15, 0.2) is 41.3 Å². The van der Waals surface area contributed by atoms with E-state index in [0.717, 1.165) is 11.3 Å². The Labute approximate surface area is 92.9 Å². The Balaban J connectivity index is 2.15. The quantitative estimate of drug-likeness (QED) is 0.869. The van der Waals surface area contributed by atoms with Crippen LogP contribution in [0.4, 0.5) is 0 Å². The van der Waals surface area contributed by atoms with Gasteiger partial charge in [0.2, 0.25) is 0 Å². The van der Waals surface area contributed by atoms with Crippen molar-refractivity contribution in [2.75, 3.05) is 0 Å². The van der Waals surface area contributed by atoms with Crippen molar-refractivity contribution in [2.24, 2.45) is 5.73 Å². The first-order valence-corrected chi connectivity index (χ1v) is 5.02. The molecule has 0 aliphatic rings. The van der Waals surface area contributed by atoms with E-state index in [-0.39, 0.29) is 6.04 Å². The number of nitrogens with zero attached hydrogens (tertiary/aromatic N) is 1. The van der Waals surface area contributed by atoms with Crippen molar-refractivity contribution in [2.45, 2.75) is 12.5 Å². The molecule has 2 aromatic heterocycles. The second kappa shape index (κ2) is 4.47. The number of furan rings is 1. The van der Waals surface area contributed by atoms with E-state index >= 15 is 0 Å².